The zero-order valence-corrected chi connectivity index (χ0v) is 20.3. The van der Waals surface area contributed by atoms with Gasteiger partial charge in [-0.3, -0.25) is 14.5 Å². The van der Waals surface area contributed by atoms with E-state index in [-0.39, 0.29) is 22.5 Å². The molecule has 190 valence electrons. The van der Waals surface area contributed by atoms with E-state index in [1.165, 1.54) is 12.6 Å². The summed E-state index contributed by atoms with van der Waals surface area (Å²) in [4.78, 5) is 27.5. The number of halogens is 4. The summed E-state index contributed by atoms with van der Waals surface area (Å²) in [5, 5.41) is 6.63. The van der Waals surface area contributed by atoms with Crippen molar-refractivity contribution in [2.24, 2.45) is 0 Å². The van der Waals surface area contributed by atoms with Crippen LogP contribution in [-0.4, -0.2) is 43.7 Å². The lowest BCUT2D eigenvalue weighted by Crippen LogP contribution is -2.37. The van der Waals surface area contributed by atoms with Crippen LogP contribution in [-0.2, 0) is 0 Å². The van der Waals surface area contributed by atoms with Crippen molar-refractivity contribution < 1.29 is 18.0 Å². The Morgan fingerprint density at radius 2 is 1.92 bits per heavy atom. The average molecular weight is 528 g/mol. The van der Waals surface area contributed by atoms with E-state index in [0.717, 1.165) is 49.0 Å². The number of carbonyl (C=O) groups is 1. The topological polar surface area (TPSA) is 88.8 Å². The van der Waals surface area contributed by atoms with Crippen LogP contribution < -0.4 is 10.2 Å². The first-order valence-electron chi connectivity index (χ1n) is 11.5. The Hall–Kier alpha value is -3.99. The minimum atomic E-state index is -2.98. The van der Waals surface area contributed by atoms with Crippen LogP contribution in [0.15, 0.2) is 55.2 Å². The van der Waals surface area contributed by atoms with Crippen molar-refractivity contribution in [3.05, 3.63) is 82.9 Å². The number of aromatic nitrogens is 5. The van der Waals surface area contributed by atoms with E-state index in [2.05, 4.69) is 30.3 Å². The zero-order chi connectivity index (χ0) is 26.1. The number of rotatable bonds is 7. The highest BCUT2D eigenvalue weighted by atomic mass is 35.5. The maximum Gasteiger partial charge on any atom is 0.275 e. The molecule has 1 aliphatic rings. The Bertz CT molecular complexity index is 1440. The van der Waals surface area contributed by atoms with Gasteiger partial charge in [0.25, 0.3) is 12.3 Å². The van der Waals surface area contributed by atoms with E-state index in [1.807, 2.05) is 25.3 Å². The number of alkyl halides is 2. The van der Waals surface area contributed by atoms with E-state index in [1.54, 1.807) is 10.9 Å². The van der Waals surface area contributed by atoms with Crippen molar-refractivity contribution in [2.45, 2.75) is 25.8 Å². The molecular formula is C25H21ClF3N7O. The van der Waals surface area contributed by atoms with Gasteiger partial charge >= 0.3 is 0 Å². The van der Waals surface area contributed by atoms with E-state index in [4.69, 9.17) is 11.6 Å². The molecule has 4 heterocycles. The number of amides is 1. The predicted octanol–water partition coefficient (Wildman–Crippen LogP) is 5.54. The van der Waals surface area contributed by atoms with Crippen LogP contribution in [0.25, 0.3) is 11.3 Å². The Morgan fingerprint density at radius 1 is 1.11 bits per heavy atom. The second-order valence-electron chi connectivity index (χ2n) is 8.55. The third-order valence-electron chi connectivity index (χ3n) is 6.17. The Balaban J connectivity index is 1.32. The van der Waals surface area contributed by atoms with Gasteiger partial charge in [-0.1, -0.05) is 23.7 Å². The van der Waals surface area contributed by atoms with Crippen LogP contribution in [0.2, 0.25) is 5.02 Å². The Morgan fingerprint density at radius 3 is 2.59 bits per heavy atom. The molecule has 1 N–H and O–H groups in total. The first kappa shape index (κ1) is 24.7. The molecule has 12 heteroatoms. The summed E-state index contributed by atoms with van der Waals surface area (Å²) in [6.45, 7) is 3.98. The first-order valence-corrected chi connectivity index (χ1v) is 11.8. The van der Waals surface area contributed by atoms with Gasteiger partial charge in [-0.25, -0.2) is 23.1 Å². The number of carbonyl (C=O) groups excluding carboxylic acids is 1. The molecule has 1 saturated heterocycles. The maximum absolute atomic E-state index is 14.6. The number of anilines is 2. The molecule has 3 aromatic heterocycles. The molecule has 0 saturated carbocycles. The van der Waals surface area contributed by atoms with E-state index < -0.39 is 29.3 Å². The second-order valence-corrected chi connectivity index (χ2v) is 8.95. The van der Waals surface area contributed by atoms with Crippen molar-refractivity contribution >= 4 is 29.0 Å². The van der Waals surface area contributed by atoms with Crippen molar-refractivity contribution in [2.75, 3.05) is 23.3 Å². The summed E-state index contributed by atoms with van der Waals surface area (Å²) in [6.07, 6.45) is 5.37. The molecule has 0 unspecified atom stereocenters. The van der Waals surface area contributed by atoms with Gasteiger partial charge in [0.05, 0.1) is 41.0 Å². The molecule has 1 atom stereocenters. The summed E-state index contributed by atoms with van der Waals surface area (Å²) in [7, 11) is 0. The third-order valence-corrected chi connectivity index (χ3v) is 6.47. The van der Waals surface area contributed by atoms with Gasteiger partial charge in [-0.05, 0) is 31.0 Å². The highest BCUT2D eigenvalue weighted by Gasteiger charge is 2.23. The number of nitrogens with zero attached hydrogens (tertiary/aromatic N) is 6. The van der Waals surface area contributed by atoms with E-state index in [9.17, 15) is 18.0 Å². The summed E-state index contributed by atoms with van der Waals surface area (Å²) >= 11 is 5.79. The minimum absolute atomic E-state index is 0.148. The number of hydrogen-bond acceptors (Lipinski definition) is 6. The molecule has 1 aliphatic heterocycles. The molecular weight excluding hydrogens is 507 g/mol. The average Bonchev–Trinajstić information content (AvgIpc) is 3.33. The van der Waals surface area contributed by atoms with Gasteiger partial charge in [0.15, 0.2) is 5.82 Å². The summed E-state index contributed by atoms with van der Waals surface area (Å²) in [5.41, 5.74) is -0.194. The molecule has 4 aromatic rings. The molecule has 1 aromatic carbocycles. The van der Waals surface area contributed by atoms with Gasteiger partial charge in [0, 0.05) is 36.6 Å². The SMILES string of the molecule is C[C@H](c1ccc(N2CCC2)nc1)n1cc(NC(=O)c2cncc(-c3c(C(F)F)ccc(Cl)c3F)n2)cn1. The quantitative estimate of drug-likeness (QED) is 0.339. The van der Waals surface area contributed by atoms with Gasteiger partial charge < -0.3 is 10.2 Å². The fourth-order valence-electron chi connectivity index (χ4n) is 3.94. The van der Waals surface area contributed by atoms with Crippen molar-refractivity contribution in [1.82, 2.24) is 24.7 Å². The highest BCUT2D eigenvalue weighted by molar-refractivity contribution is 6.31. The Kier molecular flexibility index (Phi) is 6.79. The smallest absolute Gasteiger partial charge is 0.275 e. The highest BCUT2D eigenvalue weighted by Crippen LogP contribution is 2.35. The first-order chi connectivity index (χ1) is 17.8. The zero-order valence-electron chi connectivity index (χ0n) is 19.6. The number of pyridine rings is 1. The fourth-order valence-corrected chi connectivity index (χ4v) is 4.10. The number of benzene rings is 1. The van der Waals surface area contributed by atoms with Gasteiger partial charge in [0.1, 0.15) is 11.5 Å². The fraction of sp³-hybridized carbons (Fsp3) is 0.240. The van der Waals surface area contributed by atoms with Crippen molar-refractivity contribution in [3.8, 4) is 11.3 Å². The maximum atomic E-state index is 14.6. The molecule has 1 amide bonds. The standard InChI is InChI=1S/C25H21ClF3N7O/c1-14(15-3-6-21(31-9-15)35-7-2-8-35)36-13-16(10-32-36)33-25(37)20-12-30-11-19(34-20)22-17(24(28)29)4-5-18(26)23(22)27/h3-6,9-14,24H,2,7-8H2,1H3,(H,33,37)/t14-/m1/s1. The predicted molar refractivity (Wildman–Crippen MR) is 132 cm³/mol. The van der Waals surface area contributed by atoms with Crippen LogP contribution in [0.4, 0.5) is 24.7 Å². The minimum Gasteiger partial charge on any atom is -0.356 e. The Labute approximate surface area is 215 Å². The van der Waals surface area contributed by atoms with Crippen LogP contribution >= 0.6 is 11.6 Å². The van der Waals surface area contributed by atoms with Crippen LogP contribution in [0.3, 0.4) is 0 Å². The van der Waals surface area contributed by atoms with Gasteiger partial charge in [-0.2, -0.15) is 5.10 Å². The number of hydrogen-bond donors (Lipinski definition) is 1. The molecule has 1 fully saturated rings. The van der Waals surface area contributed by atoms with E-state index in [0.29, 0.717) is 5.69 Å². The lowest BCUT2D eigenvalue weighted by atomic mass is 10.0. The second kappa shape index (κ2) is 10.2. The van der Waals surface area contributed by atoms with Crippen LogP contribution in [0, 0.1) is 5.82 Å². The van der Waals surface area contributed by atoms with Crippen LogP contribution in [0.1, 0.15) is 47.4 Å². The van der Waals surface area contributed by atoms with E-state index >= 15 is 0 Å². The summed E-state index contributed by atoms with van der Waals surface area (Å²) in [6, 6.07) is 5.88. The molecule has 5 rings (SSSR count). The lowest BCUT2D eigenvalue weighted by Gasteiger charge is -2.32. The largest absolute Gasteiger partial charge is 0.356 e. The number of nitrogens with one attached hydrogen (secondary N) is 1. The monoisotopic (exact) mass is 527 g/mol. The van der Waals surface area contributed by atoms with Crippen molar-refractivity contribution in [1.29, 1.82) is 0 Å². The third kappa shape index (κ3) is 4.99. The lowest BCUT2D eigenvalue weighted by molar-refractivity contribution is 0.102. The summed E-state index contributed by atoms with van der Waals surface area (Å²) < 4.78 is 43.3. The molecule has 8 nitrogen and oxygen atoms in total. The molecule has 0 radical (unpaired) electrons. The molecule has 0 aliphatic carbocycles. The molecule has 0 bridgehead atoms. The van der Waals surface area contributed by atoms with Crippen molar-refractivity contribution in [3.63, 3.8) is 0 Å². The van der Waals surface area contributed by atoms with Gasteiger partial charge in [0.2, 0.25) is 0 Å². The van der Waals surface area contributed by atoms with Gasteiger partial charge in [-0.15, -0.1) is 0 Å². The molecule has 37 heavy (non-hydrogen) atoms. The normalized spacial score (nSPS) is 13.9. The summed E-state index contributed by atoms with van der Waals surface area (Å²) in [5.74, 6) is -0.783. The van der Waals surface area contributed by atoms with Crippen LogP contribution in [0.5, 0.6) is 0 Å². The molecule has 0 spiro atoms.